The SMILES string of the molecule is CCNC(=NCCSCc1cccc2ccccc12)NC1CCS(=O)(=O)C1.I. The zero-order chi connectivity index (χ0) is 19.1. The zero-order valence-electron chi connectivity index (χ0n) is 16.1. The van der Waals surface area contributed by atoms with Crippen molar-refractivity contribution in [3.05, 3.63) is 48.0 Å². The molecular weight excluding hydrogens is 505 g/mol. The first-order valence-corrected chi connectivity index (χ1v) is 12.3. The van der Waals surface area contributed by atoms with Crippen LogP contribution in [0.1, 0.15) is 18.9 Å². The number of benzene rings is 2. The van der Waals surface area contributed by atoms with E-state index in [9.17, 15) is 8.42 Å². The number of hydrogen-bond donors (Lipinski definition) is 2. The molecule has 2 aromatic carbocycles. The Morgan fingerprint density at radius 1 is 1.21 bits per heavy atom. The van der Waals surface area contributed by atoms with Crippen molar-refractivity contribution in [2.24, 2.45) is 4.99 Å². The maximum atomic E-state index is 11.6. The standard InChI is InChI=1S/C20H27N3O2S2.HI/c1-2-21-20(23-18-10-13-27(24,25)15-18)22-11-12-26-14-17-8-5-7-16-6-3-4-9-19(16)17;/h3-9,18H,2,10-15H2,1H3,(H2,21,22,23);1H. The van der Waals surface area contributed by atoms with Crippen LogP contribution in [0.3, 0.4) is 0 Å². The van der Waals surface area contributed by atoms with Gasteiger partial charge in [0.25, 0.3) is 0 Å². The second kappa shape index (κ2) is 11.3. The highest BCUT2D eigenvalue weighted by atomic mass is 127. The van der Waals surface area contributed by atoms with E-state index in [4.69, 9.17) is 0 Å². The second-order valence-electron chi connectivity index (χ2n) is 6.70. The second-order valence-corrected chi connectivity index (χ2v) is 10.0. The van der Waals surface area contributed by atoms with Crippen LogP contribution in [-0.4, -0.2) is 50.8 Å². The van der Waals surface area contributed by atoms with Gasteiger partial charge < -0.3 is 10.6 Å². The molecule has 8 heteroatoms. The predicted octanol–water partition coefficient (Wildman–Crippen LogP) is 3.43. The third kappa shape index (κ3) is 6.81. The summed E-state index contributed by atoms with van der Waals surface area (Å²) >= 11 is 1.87. The average Bonchev–Trinajstić information content (AvgIpc) is 3.00. The van der Waals surface area contributed by atoms with Crippen LogP contribution in [0.4, 0.5) is 0 Å². The smallest absolute Gasteiger partial charge is 0.191 e. The molecule has 5 nitrogen and oxygen atoms in total. The number of hydrogen-bond acceptors (Lipinski definition) is 4. The molecule has 2 N–H and O–H groups in total. The fourth-order valence-electron chi connectivity index (χ4n) is 3.24. The summed E-state index contributed by atoms with van der Waals surface area (Å²) < 4.78 is 23.2. The summed E-state index contributed by atoms with van der Waals surface area (Å²) in [5, 5.41) is 9.05. The number of guanidine groups is 1. The van der Waals surface area contributed by atoms with Gasteiger partial charge in [-0.05, 0) is 29.7 Å². The van der Waals surface area contributed by atoms with Crippen molar-refractivity contribution in [1.29, 1.82) is 0 Å². The van der Waals surface area contributed by atoms with Crippen molar-refractivity contribution < 1.29 is 8.42 Å². The summed E-state index contributed by atoms with van der Waals surface area (Å²) in [6.45, 7) is 3.47. The minimum Gasteiger partial charge on any atom is -0.357 e. The van der Waals surface area contributed by atoms with E-state index < -0.39 is 9.84 Å². The molecule has 0 spiro atoms. The molecule has 0 aliphatic carbocycles. The normalized spacial score (nSPS) is 18.6. The Morgan fingerprint density at radius 2 is 2.00 bits per heavy atom. The van der Waals surface area contributed by atoms with Gasteiger partial charge in [0.1, 0.15) is 0 Å². The molecule has 2 aromatic rings. The van der Waals surface area contributed by atoms with Gasteiger partial charge in [-0.3, -0.25) is 4.99 Å². The average molecular weight is 534 g/mol. The molecule has 28 heavy (non-hydrogen) atoms. The molecule has 1 heterocycles. The van der Waals surface area contributed by atoms with Crippen LogP contribution in [0.15, 0.2) is 47.5 Å². The molecule has 0 bridgehead atoms. The Hall–Kier alpha value is -1.00. The molecule has 0 radical (unpaired) electrons. The Bertz CT molecular complexity index is 898. The van der Waals surface area contributed by atoms with E-state index in [-0.39, 0.29) is 41.5 Å². The maximum absolute atomic E-state index is 11.6. The van der Waals surface area contributed by atoms with Gasteiger partial charge in [-0.15, -0.1) is 24.0 Å². The van der Waals surface area contributed by atoms with Gasteiger partial charge in [-0.25, -0.2) is 8.42 Å². The summed E-state index contributed by atoms with van der Waals surface area (Å²) in [5.74, 6) is 3.06. The number of nitrogens with one attached hydrogen (secondary N) is 2. The molecule has 0 saturated carbocycles. The molecule has 154 valence electrons. The van der Waals surface area contributed by atoms with Crippen molar-refractivity contribution in [3.8, 4) is 0 Å². The van der Waals surface area contributed by atoms with E-state index in [0.717, 1.165) is 18.1 Å². The molecule has 0 amide bonds. The number of sulfone groups is 1. The number of fused-ring (bicyclic) bond motifs is 1. The summed E-state index contributed by atoms with van der Waals surface area (Å²) in [4.78, 5) is 4.60. The van der Waals surface area contributed by atoms with Crippen LogP contribution in [0.25, 0.3) is 10.8 Å². The summed E-state index contributed by atoms with van der Waals surface area (Å²) in [7, 11) is -2.88. The lowest BCUT2D eigenvalue weighted by Gasteiger charge is -2.15. The highest BCUT2D eigenvalue weighted by Gasteiger charge is 2.28. The molecule has 1 atom stereocenters. The topological polar surface area (TPSA) is 70.6 Å². The van der Waals surface area contributed by atoms with Crippen molar-refractivity contribution >= 4 is 62.3 Å². The number of rotatable bonds is 7. The van der Waals surface area contributed by atoms with Crippen molar-refractivity contribution in [2.45, 2.75) is 25.1 Å². The third-order valence-corrected chi connectivity index (χ3v) is 7.31. The largest absolute Gasteiger partial charge is 0.357 e. The zero-order valence-corrected chi connectivity index (χ0v) is 20.0. The van der Waals surface area contributed by atoms with Crippen LogP contribution in [0, 0.1) is 0 Å². The van der Waals surface area contributed by atoms with E-state index in [2.05, 4.69) is 58.1 Å². The minimum absolute atomic E-state index is 0. The lowest BCUT2D eigenvalue weighted by Crippen LogP contribution is -2.44. The first kappa shape index (κ1) is 23.3. The van der Waals surface area contributed by atoms with E-state index in [1.54, 1.807) is 0 Å². The monoisotopic (exact) mass is 533 g/mol. The fraction of sp³-hybridized carbons (Fsp3) is 0.450. The molecule has 1 fully saturated rings. The van der Waals surface area contributed by atoms with Gasteiger partial charge in [-0.1, -0.05) is 42.5 Å². The molecule has 1 unspecified atom stereocenters. The summed E-state index contributed by atoms with van der Waals surface area (Å²) in [6, 6.07) is 14.9. The first-order valence-electron chi connectivity index (χ1n) is 9.37. The molecular formula is C20H28IN3O2S2. The van der Waals surface area contributed by atoms with Gasteiger partial charge in [-0.2, -0.15) is 11.8 Å². The molecule has 3 rings (SSSR count). The van der Waals surface area contributed by atoms with Crippen LogP contribution in [0.2, 0.25) is 0 Å². The van der Waals surface area contributed by atoms with Crippen LogP contribution in [0.5, 0.6) is 0 Å². The van der Waals surface area contributed by atoms with Crippen LogP contribution in [-0.2, 0) is 15.6 Å². The van der Waals surface area contributed by atoms with Gasteiger partial charge in [0.2, 0.25) is 0 Å². The Kier molecular flexibility index (Phi) is 9.36. The number of thioether (sulfide) groups is 1. The number of nitrogens with zero attached hydrogens (tertiary/aromatic N) is 1. The Labute approximate surface area is 189 Å². The van der Waals surface area contributed by atoms with E-state index in [1.165, 1.54) is 16.3 Å². The predicted molar refractivity (Wildman–Crippen MR) is 132 cm³/mol. The van der Waals surface area contributed by atoms with E-state index in [0.29, 0.717) is 18.9 Å². The molecule has 0 aromatic heterocycles. The van der Waals surface area contributed by atoms with Gasteiger partial charge >= 0.3 is 0 Å². The Morgan fingerprint density at radius 3 is 2.75 bits per heavy atom. The molecule has 1 aliphatic heterocycles. The van der Waals surface area contributed by atoms with Crippen molar-refractivity contribution in [2.75, 3.05) is 30.3 Å². The number of aliphatic imine (C=N–C) groups is 1. The highest BCUT2D eigenvalue weighted by Crippen LogP contribution is 2.22. The fourth-order valence-corrected chi connectivity index (χ4v) is 5.75. The first-order chi connectivity index (χ1) is 13.1. The van der Waals surface area contributed by atoms with E-state index in [1.807, 2.05) is 18.7 Å². The quantitative estimate of drug-likeness (QED) is 0.247. The Balaban J connectivity index is 0.00000280. The van der Waals surface area contributed by atoms with Gasteiger partial charge in [0.05, 0.1) is 18.1 Å². The van der Waals surface area contributed by atoms with E-state index >= 15 is 0 Å². The van der Waals surface area contributed by atoms with Gasteiger partial charge in [0.15, 0.2) is 15.8 Å². The van der Waals surface area contributed by atoms with Crippen LogP contribution >= 0.6 is 35.7 Å². The van der Waals surface area contributed by atoms with Crippen molar-refractivity contribution in [1.82, 2.24) is 10.6 Å². The minimum atomic E-state index is -2.88. The van der Waals surface area contributed by atoms with Crippen molar-refractivity contribution in [3.63, 3.8) is 0 Å². The molecule has 1 aliphatic rings. The number of halogens is 1. The molecule has 1 saturated heterocycles. The highest BCUT2D eigenvalue weighted by molar-refractivity contribution is 14.0. The van der Waals surface area contributed by atoms with Gasteiger partial charge in [0, 0.05) is 24.1 Å². The lowest BCUT2D eigenvalue weighted by molar-refractivity contribution is 0.599. The van der Waals surface area contributed by atoms with Crippen LogP contribution < -0.4 is 10.6 Å². The summed E-state index contributed by atoms with van der Waals surface area (Å²) in [6.07, 6.45) is 0.655. The third-order valence-electron chi connectivity index (χ3n) is 4.56. The summed E-state index contributed by atoms with van der Waals surface area (Å²) in [5.41, 5.74) is 1.35. The lowest BCUT2D eigenvalue weighted by atomic mass is 10.1. The maximum Gasteiger partial charge on any atom is 0.191 e.